The molecule has 0 unspecified atom stereocenters. The van der Waals surface area contributed by atoms with E-state index in [1.54, 1.807) is 0 Å². The third-order valence-corrected chi connectivity index (χ3v) is 5.47. The molecule has 0 bridgehead atoms. The number of sulfone groups is 1. The highest BCUT2D eigenvalue weighted by Gasteiger charge is 2.30. The Labute approximate surface area is 97.6 Å². The van der Waals surface area contributed by atoms with Gasteiger partial charge in [-0.3, -0.25) is 4.90 Å². The SMILES string of the molecule is O=S1(=O)CCCN([C@H]2CCCC[C@@H]2O)CC1. The first-order chi connectivity index (χ1) is 7.58. The number of aliphatic hydroxyl groups excluding tert-OH is 1. The van der Waals surface area contributed by atoms with E-state index < -0.39 is 9.84 Å². The van der Waals surface area contributed by atoms with E-state index in [1.807, 2.05) is 0 Å². The predicted octanol–water partition coefficient (Wildman–Crippen LogP) is 0.410. The summed E-state index contributed by atoms with van der Waals surface area (Å²) in [5.74, 6) is 0.572. The molecule has 0 spiro atoms. The van der Waals surface area contributed by atoms with Crippen LogP contribution in [0.25, 0.3) is 0 Å². The molecule has 0 aromatic rings. The minimum Gasteiger partial charge on any atom is -0.391 e. The number of nitrogens with zero attached hydrogens (tertiary/aromatic N) is 1. The second-order valence-corrected chi connectivity index (χ2v) is 7.26. The van der Waals surface area contributed by atoms with Crippen LogP contribution < -0.4 is 0 Å². The van der Waals surface area contributed by atoms with E-state index >= 15 is 0 Å². The zero-order valence-electron chi connectivity index (χ0n) is 9.64. The third kappa shape index (κ3) is 2.96. The number of aliphatic hydroxyl groups is 1. The second kappa shape index (κ2) is 5.02. The molecule has 2 atom stereocenters. The van der Waals surface area contributed by atoms with E-state index in [-0.39, 0.29) is 17.9 Å². The molecule has 1 N–H and O–H groups in total. The van der Waals surface area contributed by atoms with Crippen molar-refractivity contribution in [1.29, 1.82) is 0 Å². The average Bonchev–Trinajstić information content (AvgIpc) is 2.40. The zero-order valence-corrected chi connectivity index (χ0v) is 10.5. The molecular weight excluding hydrogens is 226 g/mol. The standard InChI is InChI=1S/C11H21NO3S/c13-11-5-2-1-4-10(11)12-6-3-8-16(14,15)9-7-12/h10-11,13H,1-9H2/t10-,11-/m0/s1. The molecule has 0 aromatic heterocycles. The zero-order chi connectivity index (χ0) is 11.6. The van der Waals surface area contributed by atoms with Gasteiger partial charge in [0.2, 0.25) is 0 Å². The number of hydrogen-bond donors (Lipinski definition) is 1. The summed E-state index contributed by atoms with van der Waals surface area (Å²) in [6, 6.07) is 0.196. The maximum absolute atomic E-state index is 11.5. The molecule has 2 rings (SSSR count). The first-order valence-electron chi connectivity index (χ1n) is 6.21. The fraction of sp³-hybridized carbons (Fsp3) is 1.00. The molecule has 1 aliphatic carbocycles. The Bertz CT molecular complexity index is 328. The molecular formula is C11H21NO3S. The van der Waals surface area contributed by atoms with Crippen LogP contribution in [0.5, 0.6) is 0 Å². The Balaban J connectivity index is 1.98. The monoisotopic (exact) mass is 247 g/mol. The van der Waals surface area contributed by atoms with Crippen molar-refractivity contribution in [3.8, 4) is 0 Å². The van der Waals surface area contributed by atoms with Gasteiger partial charge in [-0.15, -0.1) is 0 Å². The van der Waals surface area contributed by atoms with E-state index in [0.29, 0.717) is 18.7 Å². The van der Waals surface area contributed by atoms with E-state index in [4.69, 9.17) is 0 Å². The Kier molecular flexibility index (Phi) is 3.87. The first kappa shape index (κ1) is 12.3. The predicted molar refractivity (Wildman–Crippen MR) is 63.1 cm³/mol. The van der Waals surface area contributed by atoms with Gasteiger partial charge < -0.3 is 5.11 Å². The van der Waals surface area contributed by atoms with Crippen molar-refractivity contribution in [1.82, 2.24) is 4.90 Å². The first-order valence-corrected chi connectivity index (χ1v) is 8.03. The van der Waals surface area contributed by atoms with Gasteiger partial charge in [0.05, 0.1) is 17.6 Å². The van der Waals surface area contributed by atoms with Gasteiger partial charge in [0.1, 0.15) is 0 Å². The molecule has 1 heterocycles. The van der Waals surface area contributed by atoms with E-state index in [2.05, 4.69) is 4.90 Å². The molecule has 2 aliphatic rings. The molecule has 4 nitrogen and oxygen atoms in total. The van der Waals surface area contributed by atoms with Crippen LogP contribution in [-0.2, 0) is 9.84 Å². The van der Waals surface area contributed by atoms with Gasteiger partial charge in [0.15, 0.2) is 9.84 Å². The summed E-state index contributed by atoms with van der Waals surface area (Å²) in [6.07, 6.45) is 4.60. The molecule has 0 radical (unpaired) electrons. The normalized spacial score (nSPS) is 36.8. The van der Waals surface area contributed by atoms with E-state index in [0.717, 1.165) is 32.2 Å². The van der Waals surface area contributed by atoms with Crippen LogP contribution in [-0.4, -0.2) is 55.2 Å². The summed E-state index contributed by atoms with van der Waals surface area (Å²) in [5, 5.41) is 9.95. The molecule has 1 aliphatic heterocycles. The van der Waals surface area contributed by atoms with Crippen LogP contribution in [0.3, 0.4) is 0 Å². The molecule has 0 aromatic carbocycles. The fourth-order valence-electron chi connectivity index (χ4n) is 2.81. The van der Waals surface area contributed by atoms with Crippen LogP contribution in [0.15, 0.2) is 0 Å². The van der Waals surface area contributed by atoms with Crippen molar-refractivity contribution in [3.63, 3.8) is 0 Å². The number of hydrogen-bond acceptors (Lipinski definition) is 4. The lowest BCUT2D eigenvalue weighted by molar-refractivity contribution is 0.0234. The average molecular weight is 247 g/mol. The minimum atomic E-state index is -2.83. The molecule has 1 saturated carbocycles. The maximum Gasteiger partial charge on any atom is 0.151 e. The van der Waals surface area contributed by atoms with Crippen LogP contribution in [0.4, 0.5) is 0 Å². The van der Waals surface area contributed by atoms with Crippen LogP contribution >= 0.6 is 0 Å². The van der Waals surface area contributed by atoms with Gasteiger partial charge in [0.25, 0.3) is 0 Å². The summed E-state index contributed by atoms with van der Waals surface area (Å²) in [7, 11) is -2.83. The molecule has 16 heavy (non-hydrogen) atoms. The van der Waals surface area contributed by atoms with Gasteiger partial charge in [-0.25, -0.2) is 8.42 Å². The Morgan fingerprint density at radius 3 is 2.50 bits per heavy atom. The van der Waals surface area contributed by atoms with Crippen molar-refractivity contribution in [2.75, 3.05) is 24.6 Å². The summed E-state index contributed by atoms with van der Waals surface area (Å²) < 4.78 is 23.0. The molecule has 2 fully saturated rings. The second-order valence-electron chi connectivity index (χ2n) is 4.96. The lowest BCUT2D eigenvalue weighted by Crippen LogP contribution is -2.46. The Morgan fingerprint density at radius 1 is 1.00 bits per heavy atom. The minimum absolute atomic E-state index is 0.196. The van der Waals surface area contributed by atoms with Crippen molar-refractivity contribution in [2.45, 2.75) is 44.2 Å². The molecule has 1 saturated heterocycles. The topological polar surface area (TPSA) is 57.6 Å². The van der Waals surface area contributed by atoms with Crippen molar-refractivity contribution >= 4 is 9.84 Å². The van der Waals surface area contributed by atoms with Gasteiger partial charge in [0, 0.05) is 12.6 Å². The van der Waals surface area contributed by atoms with Crippen LogP contribution in [0, 0.1) is 0 Å². The highest BCUT2D eigenvalue weighted by atomic mass is 32.2. The van der Waals surface area contributed by atoms with E-state index in [9.17, 15) is 13.5 Å². The van der Waals surface area contributed by atoms with Crippen LogP contribution in [0.2, 0.25) is 0 Å². The van der Waals surface area contributed by atoms with Crippen molar-refractivity contribution < 1.29 is 13.5 Å². The smallest absolute Gasteiger partial charge is 0.151 e. The van der Waals surface area contributed by atoms with Gasteiger partial charge in [-0.2, -0.15) is 0 Å². The Hall–Kier alpha value is -0.130. The van der Waals surface area contributed by atoms with Crippen LogP contribution in [0.1, 0.15) is 32.1 Å². The quantitative estimate of drug-likeness (QED) is 0.729. The lowest BCUT2D eigenvalue weighted by Gasteiger charge is -2.36. The Morgan fingerprint density at radius 2 is 1.75 bits per heavy atom. The van der Waals surface area contributed by atoms with Crippen molar-refractivity contribution in [2.24, 2.45) is 0 Å². The summed E-state index contributed by atoms with van der Waals surface area (Å²) in [5.41, 5.74) is 0. The summed E-state index contributed by atoms with van der Waals surface area (Å²) in [6.45, 7) is 1.42. The maximum atomic E-state index is 11.5. The van der Waals surface area contributed by atoms with Gasteiger partial charge in [-0.05, 0) is 25.8 Å². The largest absolute Gasteiger partial charge is 0.391 e. The van der Waals surface area contributed by atoms with E-state index in [1.165, 1.54) is 0 Å². The molecule has 0 amide bonds. The van der Waals surface area contributed by atoms with Crippen molar-refractivity contribution in [3.05, 3.63) is 0 Å². The highest BCUT2D eigenvalue weighted by molar-refractivity contribution is 7.91. The summed E-state index contributed by atoms with van der Waals surface area (Å²) in [4.78, 5) is 2.19. The van der Waals surface area contributed by atoms with Gasteiger partial charge >= 0.3 is 0 Å². The number of rotatable bonds is 1. The molecule has 5 heteroatoms. The highest BCUT2D eigenvalue weighted by Crippen LogP contribution is 2.24. The summed E-state index contributed by atoms with van der Waals surface area (Å²) >= 11 is 0. The fourth-order valence-corrected chi connectivity index (χ4v) is 4.09. The third-order valence-electron chi connectivity index (χ3n) is 3.75. The molecule has 94 valence electrons. The van der Waals surface area contributed by atoms with Gasteiger partial charge in [-0.1, -0.05) is 12.8 Å². The lowest BCUT2D eigenvalue weighted by atomic mass is 9.91.